The molecule has 0 bridgehead atoms. The first-order valence-corrected chi connectivity index (χ1v) is 7.33. The first-order valence-electron chi connectivity index (χ1n) is 7.33. The molecule has 0 spiro atoms. The summed E-state index contributed by atoms with van der Waals surface area (Å²) in [5.41, 5.74) is 1.34. The summed E-state index contributed by atoms with van der Waals surface area (Å²) in [6, 6.07) is 11.0. The lowest BCUT2D eigenvalue weighted by Crippen LogP contribution is -2.42. The zero-order valence-electron chi connectivity index (χ0n) is 12.0. The Kier molecular flexibility index (Phi) is 5.37. The van der Waals surface area contributed by atoms with E-state index in [0.717, 1.165) is 32.5 Å². The molecule has 19 heavy (non-hydrogen) atoms. The Morgan fingerprint density at radius 3 is 2.74 bits per heavy atom. The van der Waals surface area contributed by atoms with Crippen LogP contribution in [0.1, 0.15) is 31.4 Å². The van der Waals surface area contributed by atoms with Gasteiger partial charge in [-0.15, -0.1) is 0 Å². The van der Waals surface area contributed by atoms with Gasteiger partial charge in [0.25, 0.3) is 0 Å². The largest absolute Gasteiger partial charge is 0.392 e. The monoisotopic (exact) mass is 262 g/mol. The summed E-state index contributed by atoms with van der Waals surface area (Å²) in [4.78, 5) is 2.39. The van der Waals surface area contributed by atoms with Gasteiger partial charge in [0.05, 0.1) is 6.10 Å². The highest BCUT2D eigenvalue weighted by atomic mass is 16.3. The zero-order chi connectivity index (χ0) is 13.7. The van der Waals surface area contributed by atoms with Crippen LogP contribution in [0.2, 0.25) is 0 Å². The van der Waals surface area contributed by atoms with E-state index in [-0.39, 0.29) is 6.10 Å². The lowest BCUT2D eigenvalue weighted by molar-refractivity contribution is 0.0601. The molecule has 1 aromatic carbocycles. The molecule has 0 aromatic heterocycles. The first kappa shape index (κ1) is 14.5. The Morgan fingerprint density at radius 1 is 1.37 bits per heavy atom. The van der Waals surface area contributed by atoms with E-state index in [1.165, 1.54) is 5.56 Å². The SMILES string of the molecule is CNC(c1ccccc1)[C@@H](C)CN1CCC[C@H](O)C1. The van der Waals surface area contributed by atoms with Crippen LogP contribution in [0.4, 0.5) is 0 Å². The van der Waals surface area contributed by atoms with Crippen molar-refractivity contribution in [2.24, 2.45) is 5.92 Å². The highest BCUT2D eigenvalue weighted by Crippen LogP contribution is 2.23. The van der Waals surface area contributed by atoms with E-state index in [4.69, 9.17) is 0 Å². The zero-order valence-corrected chi connectivity index (χ0v) is 12.0. The van der Waals surface area contributed by atoms with Crippen molar-refractivity contribution in [2.75, 3.05) is 26.7 Å². The van der Waals surface area contributed by atoms with Crippen molar-refractivity contribution in [1.29, 1.82) is 0 Å². The van der Waals surface area contributed by atoms with E-state index >= 15 is 0 Å². The first-order chi connectivity index (χ1) is 9.20. The van der Waals surface area contributed by atoms with E-state index in [9.17, 15) is 5.11 Å². The molecule has 3 nitrogen and oxygen atoms in total. The van der Waals surface area contributed by atoms with Crippen LogP contribution in [-0.4, -0.2) is 42.8 Å². The molecule has 0 saturated carbocycles. The molecule has 1 heterocycles. The highest BCUT2D eigenvalue weighted by Gasteiger charge is 2.23. The Balaban J connectivity index is 1.95. The van der Waals surface area contributed by atoms with Crippen LogP contribution in [0.3, 0.4) is 0 Å². The third-order valence-corrected chi connectivity index (χ3v) is 4.07. The van der Waals surface area contributed by atoms with Crippen molar-refractivity contribution in [3.8, 4) is 0 Å². The third-order valence-electron chi connectivity index (χ3n) is 4.07. The second-order valence-electron chi connectivity index (χ2n) is 5.71. The standard InChI is InChI=1S/C16H26N2O/c1-13(11-18-10-6-9-15(19)12-18)16(17-2)14-7-4-3-5-8-14/h3-5,7-8,13,15-17,19H,6,9-12H2,1-2H3/t13-,15-,16?/m0/s1. The van der Waals surface area contributed by atoms with Crippen molar-refractivity contribution in [1.82, 2.24) is 10.2 Å². The van der Waals surface area contributed by atoms with Gasteiger partial charge in [-0.3, -0.25) is 0 Å². The fourth-order valence-corrected chi connectivity index (χ4v) is 3.15. The molecule has 1 saturated heterocycles. The van der Waals surface area contributed by atoms with Crippen LogP contribution in [0.5, 0.6) is 0 Å². The normalized spacial score (nSPS) is 24.1. The Bertz CT molecular complexity index is 368. The number of piperidine rings is 1. The van der Waals surface area contributed by atoms with Gasteiger partial charge in [-0.2, -0.15) is 0 Å². The van der Waals surface area contributed by atoms with Crippen molar-refractivity contribution >= 4 is 0 Å². The number of nitrogens with zero attached hydrogens (tertiary/aromatic N) is 1. The molecule has 1 aromatic rings. The van der Waals surface area contributed by atoms with Gasteiger partial charge in [-0.25, -0.2) is 0 Å². The summed E-state index contributed by atoms with van der Waals surface area (Å²) >= 11 is 0. The quantitative estimate of drug-likeness (QED) is 0.852. The summed E-state index contributed by atoms with van der Waals surface area (Å²) in [7, 11) is 2.03. The van der Waals surface area contributed by atoms with Gasteiger partial charge in [-0.05, 0) is 37.9 Å². The number of hydrogen-bond acceptors (Lipinski definition) is 3. The van der Waals surface area contributed by atoms with Gasteiger partial charge in [0.15, 0.2) is 0 Å². The second-order valence-corrected chi connectivity index (χ2v) is 5.71. The molecule has 3 heteroatoms. The van der Waals surface area contributed by atoms with Crippen molar-refractivity contribution in [3.63, 3.8) is 0 Å². The summed E-state index contributed by atoms with van der Waals surface area (Å²) in [5, 5.41) is 13.2. The smallest absolute Gasteiger partial charge is 0.0667 e. The summed E-state index contributed by atoms with van der Waals surface area (Å²) < 4.78 is 0. The predicted octanol–water partition coefficient (Wildman–Crippen LogP) is 2.04. The lowest BCUT2D eigenvalue weighted by atomic mass is 9.93. The number of rotatable bonds is 5. The van der Waals surface area contributed by atoms with Gasteiger partial charge in [0.1, 0.15) is 0 Å². The topological polar surface area (TPSA) is 35.5 Å². The van der Waals surface area contributed by atoms with Crippen LogP contribution in [0.25, 0.3) is 0 Å². The van der Waals surface area contributed by atoms with Crippen molar-refractivity contribution in [2.45, 2.75) is 31.9 Å². The van der Waals surface area contributed by atoms with Gasteiger partial charge in [-0.1, -0.05) is 37.3 Å². The molecular weight excluding hydrogens is 236 g/mol. The highest BCUT2D eigenvalue weighted by molar-refractivity contribution is 5.19. The van der Waals surface area contributed by atoms with Crippen LogP contribution >= 0.6 is 0 Å². The molecule has 1 unspecified atom stereocenters. The average molecular weight is 262 g/mol. The number of aliphatic hydroxyl groups excluding tert-OH is 1. The Hall–Kier alpha value is -0.900. The molecule has 1 aliphatic rings. The molecule has 0 amide bonds. The average Bonchev–Trinajstić information content (AvgIpc) is 2.41. The molecule has 3 atom stereocenters. The van der Waals surface area contributed by atoms with Crippen LogP contribution in [-0.2, 0) is 0 Å². The number of hydrogen-bond donors (Lipinski definition) is 2. The molecule has 2 rings (SSSR count). The maximum Gasteiger partial charge on any atom is 0.0667 e. The fraction of sp³-hybridized carbons (Fsp3) is 0.625. The number of nitrogens with one attached hydrogen (secondary N) is 1. The van der Waals surface area contributed by atoms with Crippen LogP contribution < -0.4 is 5.32 Å². The number of β-amino-alcohol motifs (C(OH)–C–C–N with tert-alkyl or cyclic N) is 1. The van der Waals surface area contributed by atoms with E-state index in [2.05, 4.69) is 47.5 Å². The van der Waals surface area contributed by atoms with Gasteiger partial charge in [0, 0.05) is 19.1 Å². The van der Waals surface area contributed by atoms with E-state index < -0.39 is 0 Å². The van der Waals surface area contributed by atoms with E-state index in [0.29, 0.717) is 12.0 Å². The Labute approximate surface area is 116 Å². The maximum atomic E-state index is 9.75. The van der Waals surface area contributed by atoms with Crippen molar-refractivity contribution < 1.29 is 5.11 Å². The van der Waals surface area contributed by atoms with Gasteiger partial charge < -0.3 is 15.3 Å². The maximum absolute atomic E-state index is 9.75. The molecule has 0 radical (unpaired) electrons. The number of benzene rings is 1. The minimum atomic E-state index is -0.134. The number of likely N-dealkylation sites (tertiary alicyclic amines) is 1. The fourth-order valence-electron chi connectivity index (χ4n) is 3.15. The minimum Gasteiger partial charge on any atom is -0.392 e. The summed E-state index contributed by atoms with van der Waals surface area (Å²) in [5.74, 6) is 0.526. The van der Waals surface area contributed by atoms with E-state index in [1.807, 2.05) is 7.05 Å². The van der Waals surface area contributed by atoms with Crippen molar-refractivity contribution in [3.05, 3.63) is 35.9 Å². The summed E-state index contributed by atoms with van der Waals surface area (Å²) in [6.45, 7) is 5.27. The second kappa shape index (κ2) is 7.04. The van der Waals surface area contributed by atoms with E-state index in [1.54, 1.807) is 0 Å². The predicted molar refractivity (Wildman–Crippen MR) is 79.1 cm³/mol. The molecule has 2 N–H and O–H groups in total. The summed E-state index contributed by atoms with van der Waals surface area (Å²) in [6.07, 6.45) is 1.94. The molecule has 106 valence electrons. The van der Waals surface area contributed by atoms with Gasteiger partial charge in [0.2, 0.25) is 0 Å². The lowest BCUT2D eigenvalue weighted by Gasteiger charge is -2.34. The minimum absolute atomic E-state index is 0.134. The van der Waals surface area contributed by atoms with Crippen LogP contribution in [0.15, 0.2) is 30.3 Å². The number of aliphatic hydroxyl groups is 1. The molecular formula is C16H26N2O. The molecule has 1 aliphatic heterocycles. The molecule has 0 aliphatic carbocycles. The molecule has 1 fully saturated rings. The third kappa shape index (κ3) is 4.03. The Morgan fingerprint density at radius 2 is 2.11 bits per heavy atom. The van der Waals surface area contributed by atoms with Crippen LogP contribution in [0, 0.1) is 5.92 Å². The van der Waals surface area contributed by atoms with Gasteiger partial charge >= 0.3 is 0 Å².